The molecular weight excluding hydrogens is 803 g/mol. The van der Waals surface area contributed by atoms with Gasteiger partial charge in [-0.15, -0.1) is 0 Å². The number of phenolic OH excluding ortho intramolecular Hbond substituents is 1. The highest BCUT2D eigenvalue weighted by Gasteiger charge is 2.30. The fourth-order valence-electron chi connectivity index (χ4n) is 8.93. The van der Waals surface area contributed by atoms with Crippen LogP contribution in [-0.4, -0.2) is 19.6 Å². The smallest absolute Gasteiger partial charge is 0.149 e. The molecule has 0 spiro atoms. The van der Waals surface area contributed by atoms with Gasteiger partial charge in [-0.05, 0) is 129 Å². The second kappa shape index (κ2) is 17.1. The summed E-state index contributed by atoms with van der Waals surface area (Å²) in [6.45, 7) is 17.8. The Balaban J connectivity index is 1.34. The lowest BCUT2D eigenvalue weighted by Gasteiger charge is -2.28. The summed E-state index contributed by atoms with van der Waals surface area (Å²) in [6.07, 6.45) is 2.79. The number of rotatable bonds is 9. The molecule has 0 saturated heterocycles. The third-order valence-electron chi connectivity index (χ3n) is 13.3. The van der Waals surface area contributed by atoms with E-state index in [-0.39, 0.29) is 22.0 Å². The Morgan fingerprint density at radius 3 is 1.85 bits per heavy atom. The van der Waals surface area contributed by atoms with E-state index < -0.39 is 6.85 Å². The highest BCUT2D eigenvalue weighted by atomic mass is 16.3. The fraction of sp³-hybridized carbons (Fsp3) is 0.226. The molecule has 66 heavy (non-hydrogen) atoms. The van der Waals surface area contributed by atoms with Crippen LogP contribution in [0.25, 0.3) is 83.9 Å². The zero-order chi connectivity index (χ0) is 49.0. The van der Waals surface area contributed by atoms with Crippen molar-refractivity contribution in [2.45, 2.75) is 91.8 Å². The van der Waals surface area contributed by atoms with Crippen LogP contribution in [0.2, 0.25) is 0 Å². The van der Waals surface area contributed by atoms with Gasteiger partial charge in [0, 0.05) is 32.6 Å². The van der Waals surface area contributed by atoms with Gasteiger partial charge in [-0.1, -0.05) is 177 Å². The van der Waals surface area contributed by atoms with Crippen molar-refractivity contribution in [1.29, 1.82) is 0 Å². The van der Waals surface area contributed by atoms with E-state index in [1.54, 1.807) is 12.1 Å². The Bertz CT molecular complexity index is 3330. The van der Waals surface area contributed by atoms with E-state index in [0.717, 1.165) is 90.0 Å². The molecule has 0 bridgehead atoms. The maximum Gasteiger partial charge on any atom is 0.149 e. The van der Waals surface area contributed by atoms with Crippen LogP contribution in [0, 0.1) is 6.85 Å². The van der Waals surface area contributed by atoms with Crippen molar-refractivity contribution in [2.24, 2.45) is 0 Å². The number of aryl methyl sites for hydroxylation is 1. The van der Waals surface area contributed by atoms with Crippen LogP contribution in [0.15, 0.2) is 170 Å². The third kappa shape index (κ3) is 8.49. The van der Waals surface area contributed by atoms with Gasteiger partial charge in [0.05, 0.1) is 28.0 Å². The lowest BCUT2D eigenvalue weighted by Crippen LogP contribution is -2.17. The van der Waals surface area contributed by atoms with Crippen LogP contribution in [0.3, 0.4) is 0 Å². The van der Waals surface area contributed by atoms with Crippen molar-refractivity contribution in [3.8, 4) is 78.6 Å². The molecule has 4 heteroatoms. The van der Waals surface area contributed by atoms with Gasteiger partial charge in [-0.2, -0.15) is 0 Å². The van der Waals surface area contributed by atoms with Crippen molar-refractivity contribution in [3.63, 3.8) is 0 Å². The van der Waals surface area contributed by atoms with Crippen LogP contribution in [0.1, 0.15) is 95.1 Å². The first kappa shape index (κ1) is 40.5. The Hall–Kier alpha value is -7.04. The largest absolute Gasteiger partial charge is 0.507 e. The van der Waals surface area contributed by atoms with Gasteiger partial charge in [0.1, 0.15) is 11.6 Å². The molecule has 9 rings (SSSR count). The average Bonchev–Trinajstić information content (AvgIpc) is 3.73. The lowest BCUT2D eigenvalue weighted by molar-refractivity contribution is 0.446. The van der Waals surface area contributed by atoms with Crippen molar-refractivity contribution < 1.29 is 9.22 Å². The molecule has 2 aromatic heterocycles. The van der Waals surface area contributed by atoms with Crippen LogP contribution in [0.5, 0.6) is 5.75 Å². The number of fused-ring (bicyclic) bond motifs is 1. The number of nitrogens with zero attached hydrogens (tertiary/aromatic N) is 3. The van der Waals surface area contributed by atoms with Crippen molar-refractivity contribution in [1.82, 2.24) is 14.5 Å². The van der Waals surface area contributed by atoms with E-state index in [1.165, 1.54) is 5.56 Å². The minimum absolute atomic E-state index is 0.0594. The molecule has 0 aliphatic heterocycles. The van der Waals surface area contributed by atoms with Crippen molar-refractivity contribution in [3.05, 3.63) is 192 Å². The summed E-state index contributed by atoms with van der Waals surface area (Å²) < 4.78 is 25.9. The Labute approximate surface area is 395 Å². The number of hydrogen-bond donors (Lipinski definition) is 1. The normalized spacial score (nSPS) is 13.1. The summed E-state index contributed by atoms with van der Waals surface area (Å²) in [5.41, 5.74) is 16.0. The van der Waals surface area contributed by atoms with Crippen LogP contribution in [-0.2, 0) is 16.2 Å². The molecule has 1 N–H and O–H groups in total. The van der Waals surface area contributed by atoms with Crippen LogP contribution < -0.4 is 0 Å². The molecule has 0 atom stereocenters. The van der Waals surface area contributed by atoms with Crippen molar-refractivity contribution in [2.75, 3.05) is 0 Å². The predicted octanol–water partition coefficient (Wildman–Crippen LogP) is 16.7. The zero-order valence-corrected chi connectivity index (χ0v) is 39.7. The number of benzene rings is 7. The van der Waals surface area contributed by atoms with Gasteiger partial charge in [0.25, 0.3) is 0 Å². The standard InChI is InChI=1S/C62H61N3O/c1-11-62(9,10)48-29-30-55(51(37-48)43-21-16-13-17-22-43)65-56-24-18-23-50(57(56)64-59(65)52-38-49(60(3,4)5)39-53(58(52)66)61(6,7)8)46-33-45(41-19-14-12-15-20-41)34-47(35-46)54-36-44(31-32-63-54)42-27-25-40(2)26-28-42/h12-39,66H,11H2,1-10H3/i2D3. The summed E-state index contributed by atoms with van der Waals surface area (Å²) >= 11 is 0. The summed E-state index contributed by atoms with van der Waals surface area (Å²) in [4.78, 5) is 10.6. The molecule has 0 unspecified atom stereocenters. The number of pyridine rings is 1. The number of hydrogen-bond acceptors (Lipinski definition) is 3. The van der Waals surface area contributed by atoms with Gasteiger partial charge in [0.15, 0.2) is 0 Å². The molecule has 0 aliphatic rings. The molecule has 330 valence electrons. The molecule has 4 nitrogen and oxygen atoms in total. The summed E-state index contributed by atoms with van der Waals surface area (Å²) in [5, 5.41) is 12.6. The zero-order valence-electron chi connectivity index (χ0n) is 42.7. The molecule has 0 aliphatic carbocycles. The Morgan fingerprint density at radius 1 is 0.530 bits per heavy atom. The predicted molar refractivity (Wildman–Crippen MR) is 279 cm³/mol. The number of phenols is 1. The SMILES string of the molecule is [2H]C([2H])([2H])c1ccc(-c2ccnc(-c3cc(-c4ccccc4)cc(-c4cccc5c4nc(-c4cc(C(C)(C)C)cc(C(C)(C)C)c4O)n5-c4ccc(C(C)(C)CC)cc4-c4ccccc4)c3)c2)cc1. The van der Waals surface area contributed by atoms with Gasteiger partial charge < -0.3 is 5.11 Å². The number of aromatic hydroxyl groups is 1. The highest BCUT2D eigenvalue weighted by molar-refractivity contribution is 5.98. The molecule has 7 aromatic carbocycles. The van der Waals surface area contributed by atoms with E-state index in [2.05, 4.69) is 194 Å². The molecule has 0 saturated carbocycles. The monoisotopic (exact) mass is 867 g/mol. The van der Waals surface area contributed by atoms with Gasteiger partial charge in [0.2, 0.25) is 0 Å². The fourth-order valence-corrected chi connectivity index (χ4v) is 8.93. The average molecular weight is 867 g/mol. The summed E-state index contributed by atoms with van der Waals surface area (Å²) in [5.74, 6) is 0.885. The topological polar surface area (TPSA) is 50.9 Å². The number of para-hydroxylation sites is 1. The minimum Gasteiger partial charge on any atom is -0.507 e. The maximum atomic E-state index is 12.6. The maximum absolute atomic E-state index is 12.6. The third-order valence-corrected chi connectivity index (χ3v) is 13.3. The molecule has 0 radical (unpaired) electrons. The van der Waals surface area contributed by atoms with Gasteiger partial charge in [-0.25, -0.2) is 4.98 Å². The first-order valence-corrected chi connectivity index (χ1v) is 23.1. The Morgan fingerprint density at radius 2 is 1.18 bits per heavy atom. The number of imidazole rings is 1. The van der Waals surface area contributed by atoms with E-state index in [9.17, 15) is 5.11 Å². The molecule has 0 fully saturated rings. The second-order valence-corrected chi connectivity index (χ2v) is 20.4. The van der Waals surface area contributed by atoms with E-state index in [4.69, 9.17) is 14.1 Å². The van der Waals surface area contributed by atoms with Gasteiger partial charge >= 0.3 is 0 Å². The lowest BCUT2D eigenvalue weighted by atomic mass is 9.78. The summed E-state index contributed by atoms with van der Waals surface area (Å²) in [7, 11) is 0. The second-order valence-electron chi connectivity index (χ2n) is 20.4. The Kier molecular flexibility index (Phi) is 10.5. The quantitative estimate of drug-likeness (QED) is 0.157. The molecule has 9 aromatic rings. The molecular formula is C62H61N3O. The highest BCUT2D eigenvalue weighted by Crippen LogP contribution is 2.46. The molecule has 0 amide bonds. The van der Waals surface area contributed by atoms with Crippen LogP contribution >= 0.6 is 0 Å². The van der Waals surface area contributed by atoms with Crippen LogP contribution in [0.4, 0.5) is 0 Å². The molecule has 2 heterocycles. The summed E-state index contributed by atoms with van der Waals surface area (Å²) in [6, 6.07) is 56.2. The first-order valence-electron chi connectivity index (χ1n) is 24.6. The number of aromatic nitrogens is 3. The van der Waals surface area contributed by atoms with Gasteiger partial charge in [-0.3, -0.25) is 9.55 Å². The first-order chi connectivity index (χ1) is 32.7. The van der Waals surface area contributed by atoms with E-state index in [0.29, 0.717) is 17.0 Å². The van der Waals surface area contributed by atoms with Crippen molar-refractivity contribution >= 4 is 11.0 Å². The minimum atomic E-state index is -2.18. The van der Waals surface area contributed by atoms with E-state index in [1.807, 2.05) is 30.5 Å². The van der Waals surface area contributed by atoms with E-state index >= 15 is 0 Å².